The number of imidazole rings is 1. The summed E-state index contributed by atoms with van der Waals surface area (Å²) in [7, 11) is 0. The van der Waals surface area contributed by atoms with Crippen LogP contribution in [0.15, 0.2) is 108 Å². The van der Waals surface area contributed by atoms with Crippen molar-refractivity contribution in [3.8, 4) is 28.3 Å². The maximum Gasteiger partial charge on any atom is 0.227 e. The van der Waals surface area contributed by atoms with E-state index < -0.39 is 0 Å². The fourth-order valence-corrected chi connectivity index (χ4v) is 5.26. The van der Waals surface area contributed by atoms with Gasteiger partial charge in [0.05, 0.1) is 22.3 Å². The Hall–Kier alpha value is -4.70. The van der Waals surface area contributed by atoms with E-state index in [2.05, 4.69) is 103 Å². The molecule has 4 heteroatoms. The molecule has 0 fully saturated rings. The summed E-state index contributed by atoms with van der Waals surface area (Å²) in [6.07, 6.45) is 0. The lowest BCUT2D eigenvalue weighted by Gasteiger charge is -2.09. The largest absolute Gasteiger partial charge is 0.437 e. The molecule has 0 aliphatic rings. The van der Waals surface area contributed by atoms with Crippen molar-refractivity contribution in [1.29, 1.82) is 0 Å². The first kappa shape index (κ1) is 20.7. The van der Waals surface area contributed by atoms with Gasteiger partial charge in [-0.2, -0.15) is 0 Å². The van der Waals surface area contributed by atoms with Crippen molar-refractivity contribution in [2.24, 2.45) is 0 Å². The number of nitrogens with zero attached hydrogens (tertiary/aromatic N) is 3. The Kier molecular flexibility index (Phi) is 4.55. The maximum atomic E-state index is 6.50. The van der Waals surface area contributed by atoms with Crippen molar-refractivity contribution < 1.29 is 4.42 Å². The smallest absolute Gasteiger partial charge is 0.227 e. The first-order valence-corrected chi connectivity index (χ1v) is 12.1. The summed E-state index contributed by atoms with van der Waals surface area (Å²) in [5.41, 5.74) is 9.93. The average molecular weight is 466 g/mol. The number of rotatable bonds is 3. The molecule has 0 N–H and O–H groups in total. The molecule has 0 saturated heterocycles. The lowest BCUT2D eigenvalue weighted by molar-refractivity contribution is 0.655. The van der Waals surface area contributed by atoms with Gasteiger partial charge < -0.3 is 4.42 Å². The number of hydrogen-bond donors (Lipinski definition) is 0. The molecule has 0 bridgehead atoms. The molecule has 4 aromatic carbocycles. The quantitative estimate of drug-likeness (QED) is 0.264. The van der Waals surface area contributed by atoms with Gasteiger partial charge >= 0.3 is 0 Å². The molecule has 7 rings (SSSR count). The Labute approximate surface area is 208 Å². The van der Waals surface area contributed by atoms with Crippen molar-refractivity contribution in [1.82, 2.24) is 14.5 Å². The van der Waals surface area contributed by atoms with Gasteiger partial charge in [-0.15, -0.1) is 0 Å². The summed E-state index contributed by atoms with van der Waals surface area (Å²) < 4.78 is 8.70. The molecule has 0 amide bonds. The summed E-state index contributed by atoms with van der Waals surface area (Å²) in [5, 5.41) is 2.04. The molecule has 0 radical (unpaired) electrons. The molecule has 0 aliphatic heterocycles. The third-order valence-corrected chi connectivity index (χ3v) is 6.92. The SMILES string of the molecule is Cc1cccc(C)c1-c1ccc2c(n1)oc1c(-c3nc4ccccc4n3-c3ccccc3)cccc12. The van der Waals surface area contributed by atoms with Gasteiger partial charge in [0.2, 0.25) is 5.71 Å². The van der Waals surface area contributed by atoms with Gasteiger partial charge in [0.25, 0.3) is 0 Å². The van der Waals surface area contributed by atoms with Gasteiger partial charge in [-0.05, 0) is 67.4 Å². The Morgan fingerprint density at radius 2 is 1.39 bits per heavy atom. The van der Waals surface area contributed by atoms with E-state index in [0.717, 1.165) is 55.7 Å². The Balaban J connectivity index is 1.50. The number of para-hydroxylation sites is 4. The van der Waals surface area contributed by atoms with Gasteiger partial charge in [-0.3, -0.25) is 4.57 Å². The van der Waals surface area contributed by atoms with E-state index in [1.807, 2.05) is 18.2 Å². The standard InChI is InChI=1S/C32H23N3O/c1-20-10-8-11-21(2)29(20)27-19-18-24-23-14-9-15-25(30(23)36-32(24)34-27)31-33-26-16-6-7-17-28(26)35(31)22-12-4-3-5-13-22/h3-19H,1-2H3. The summed E-state index contributed by atoms with van der Waals surface area (Å²) in [5.74, 6) is 0.849. The first-order chi connectivity index (χ1) is 17.7. The normalized spacial score (nSPS) is 11.6. The third kappa shape index (κ3) is 3.08. The van der Waals surface area contributed by atoms with Crippen LogP contribution in [0, 0.1) is 13.8 Å². The zero-order valence-electron chi connectivity index (χ0n) is 20.1. The van der Waals surface area contributed by atoms with E-state index in [1.165, 1.54) is 11.1 Å². The monoisotopic (exact) mass is 465 g/mol. The van der Waals surface area contributed by atoms with Crippen LogP contribution in [0.1, 0.15) is 11.1 Å². The number of fused-ring (bicyclic) bond motifs is 4. The zero-order valence-corrected chi connectivity index (χ0v) is 20.1. The number of aryl methyl sites for hydroxylation is 2. The van der Waals surface area contributed by atoms with Crippen LogP contribution < -0.4 is 0 Å². The van der Waals surface area contributed by atoms with Crippen molar-refractivity contribution in [2.45, 2.75) is 13.8 Å². The molecule has 0 atom stereocenters. The highest BCUT2D eigenvalue weighted by Crippen LogP contribution is 2.38. The minimum Gasteiger partial charge on any atom is -0.437 e. The molecule has 0 unspecified atom stereocenters. The molecule has 4 nitrogen and oxygen atoms in total. The second kappa shape index (κ2) is 7.92. The molecule has 0 spiro atoms. The maximum absolute atomic E-state index is 6.50. The molecule has 0 aliphatic carbocycles. The van der Waals surface area contributed by atoms with E-state index in [-0.39, 0.29) is 0 Å². The fourth-order valence-electron chi connectivity index (χ4n) is 5.26. The zero-order chi connectivity index (χ0) is 24.2. The number of pyridine rings is 1. The van der Waals surface area contributed by atoms with E-state index in [9.17, 15) is 0 Å². The summed E-state index contributed by atoms with van der Waals surface area (Å²) in [6, 6.07) is 35.4. The minimum absolute atomic E-state index is 0.639. The van der Waals surface area contributed by atoms with Crippen LogP contribution in [0.25, 0.3) is 61.4 Å². The van der Waals surface area contributed by atoms with Crippen LogP contribution in [-0.4, -0.2) is 14.5 Å². The fraction of sp³-hybridized carbons (Fsp3) is 0.0625. The summed E-state index contributed by atoms with van der Waals surface area (Å²) >= 11 is 0. The molecule has 36 heavy (non-hydrogen) atoms. The van der Waals surface area contributed by atoms with E-state index >= 15 is 0 Å². The second-order valence-corrected chi connectivity index (χ2v) is 9.20. The number of aromatic nitrogens is 3. The van der Waals surface area contributed by atoms with E-state index in [4.69, 9.17) is 14.4 Å². The average Bonchev–Trinajstić information content (AvgIpc) is 3.47. The van der Waals surface area contributed by atoms with Crippen LogP contribution in [-0.2, 0) is 0 Å². The van der Waals surface area contributed by atoms with Crippen LogP contribution in [0.4, 0.5) is 0 Å². The van der Waals surface area contributed by atoms with Crippen molar-refractivity contribution >= 4 is 33.1 Å². The molecular formula is C32H23N3O. The van der Waals surface area contributed by atoms with Gasteiger partial charge in [0.1, 0.15) is 11.4 Å². The van der Waals surface area contributed by atoms with Crippen LogP contribution in [0.5, 0.6) is 0 Å². The van der Waals surface area contributed by atoms with Gasteiger partial charge in [0, 0.05) is 22.0 Å². The molecule has 3 aromatic heterocycles. The number of hydrogen-bond acceptors (Lipinski definition) is 3. The molecular weight excluding hydrogens is 442 g/mol. The molecule has 7 aromatic rings. The summed E-state index contributed by atoms with van der Waals surface area (Å²) in [4.78, 5) is 10.0. The van der Waals surface area contributed by atoms with Gasteiger partial charge in [0.15, 0.2) is 0 Å². The number of benzene rings is 4. The van der Waals surface area contributed by atoms with E-state index in [0.29, 0.717) is 5.71 Å². The van der Waals surface area contributed by atoms with E-state index in [1.54, 1.807) is 0 Å². The topological polar surface area (TPSA) is 43.9 Å². The third-order valence-electron chi connectivity index (χ3n) is 6.92. The second-order valence-electron chi connectivity index (χ2n) is 9.20. The van der Waals surface area contributed by atoms with Gasteiger partial charge in [-0.1, -0.05) is 60.7 Å². The highest BCUT2D eigenvalue weighted by Gasteiger charge is 2.20. The highest BCUT2D eigenvalue weighted by atomic mass is 16.3. The molecule has 3 heterocycles. The van der Waals surface area contributed by atoms with Crippen molar-refractivity contribution in [3.05, 3.63) is 114 Å². The molecule has 0 saturated carbocycles. The molecule has 172 valence electrons. The lowest BCUT2D eigenvalue weighted by Crippen LogP contribution is -1.97. The van der Waals surface area contributed by atoms with Crippen LogP contribution >= 0.6 is 0 Å². The summed E-state index contributed by atoms with van der Waals surface area (Å²) in [6.45, 7) is 4.25. The Morgan fingerprint density at radius 1 is 0.639 bits per heavy atom. The van der Waals surface area contributed by atoms with Crippen molar-refractivity contribution in [3.63, 3.8) is 0 Å². The predicted octanol–water partition coefficient (Wildman–Crippen LogP) is 8.27. The predicted molar refractivity (Wildman–Crippen MR) is 146 cm³/mol. The first-order valence-electron chi connectivity index (χ1n) is 12.1. The highest BCUT2D eigenvalue weighted by molar-refractivity contribution is 6.09. The van der Waals surface area contributed by atoms with Gasteiger partial charge in [-0.25, -0.2) is 9.97 Å². The Bertz CT molecular complexity index is 1890. The van der Waals surface area contributed by atoms with Crippen LogP contribution in [0.3, 0.4) is 0 Å². The minimum atomic E-state index is 0.639. The Morgan fingerprint density at radius 3 is 2.22 bits per heavy atom. The van der Waals surface area contributed by atoms with Crippen LogP contribution in [0.2, 0.25) is 0 Å². The number of furan rings is 1. The van der Waals surface area contributed by atoms with Crippen molar-refractivity contribution in [2.75, 3.05) is 0 Å². The lowest BCUT2D eigenvalue weighted by atomic mass is 9.99.